The van der Waals surface area contributed by atoms with E-state index in [1.54, 1.807) is 13.0 Å². The minimum absolute atomic E-state index is 0.0908. The fraction of sp³-hybridized carbons (Fsp3) is 0.250. The number of benzene rings is 1. The van der Waals surface area contributed by atoms with Crippen molar-refractivity contribution in [3.8, 4) is 0 Å². The Hall–Kier alpha value is -0.910. The van der Waals surface area contributed by atoms with Crippen molar-refractivity contribution >= 4 is 10.1 Å². The first kappa shape index (κ1) is 10.2. The van der Waals surface area contributed by atoms with Crippen molar-refractivity contribution < 1.29 is 18.1 Å². The largest absolute Gasteiger partial charge is 0.294 e. The molecule has 0 aliphatic rings. The molecule has 71 valence electrons. The van der Waals surface area contributed by atoms with Crippen LogP contribution in [0.5, 0.6) is 0 Å². The molecule has 0 spiro atoms. The quantitative estimate of drug-likeness (QED) is 0.730. The van der Waals surface area contributed by atoms with Gasteiger partial charge in [-0.05, 0) is 18.6 Å². The first-order chi connectivity index (χ1) is 5.95. The van der Waals surface area contributed by atoms with E-state index in [0.29, 0.717) is 5.56 Å². The molecule has 1 aromatic carbocycles. The second-order valence-corrected chi connectivity index (χ2v) is 4.12. The Balaban J connectivity index is 3.41. The van der Waals surface area contributed by atoms with E-state index >= 15 is 0 Å². The van der Waals surface area contributed by atoms with Crippen molar-refractivity contribution in [1.29, 1.82) is 0 Å². The Morgan fingerprint density at radius 1 is 1.38 bits per heavy atom. The third-order valence-corrected chi connectivity index (χ3v) is 2.59. The van der Waals surface area contributed by atoms with Crippen molar-refractivity contribution in [1.82, 2.24) is 0 Å². The van der Waals surface area contributed by atoms with Gasteiger partial charge >= 0.3 is 0 Å². The van der Waals surface area contributed by atoms with E-state index < -0.39 is 16.7 Å². The first-order valence-electron chi connectivity index (χ1n) is 3.60. The maximum absolute atomic E-state index is 10.8. The predicted molar refractivity (Wildman–Crippen MR) is 45.4 cm³/mol. The molecule has 13 heavy (non-hydrogen) atoms. The molecular formula is C8H9O4S. The molecule has 1 N–H and O–H groups in total. The van der Waals surface area contributed by atoms with Crippen LogP contribution in [0.15, 0.2) is 23.1 Å². The van der Waals surface area contributed by atoms with E-state index in [1.807, 2.05) is 0 Å². The fourth-order valence-corrected chi connectivity index (χ4v) is 1.81. The van der Waals surface area contributed by atoms with Gasteiger partial charge in [0.1, 0.15) is 6.61 Å². The van der Waals surface area contributed by atoms with Gasteiger partial charge in [-0.3, -0.25) is 4.55 Å². The summed E-state index contributed by atoms with van der Waals surface area (Å²) in [6, 6.07) is 4.32. The lowest BCUT2D eigenvalue weighted by Crippen LogP contribution is -2.03. The van der Waals surface area contributed by atoms with Crippen LogP contribution in [-0.4, -0.2) is 13.0 Å². The van der Waals surface area contributed by atoms with Crippen molar-refractivity contribution in [2.24, 2.45) is 0 Å². The standard InChI is InChI=1S/C8H9O4S/c1-6-2-3-7(5-9)8(4-6)13(10,11)12/h2-4H,5H2,1H3,(H,10,11,12). The Kier molecular flexibility index (Phi) is 2.70. The number of hydrogen-bond acceptors (Lipinski definition) is 2. The normalized spacial score (nSPS) is 11.6. The van der Waals surface area contributed by atoms with Crippen LogP contribution in [0.3, 0.4) is 0 Å². The SMILES string of the molecule is Cc1ccc(C[O])c(S(=O)(=O)O)c1. The molecule has 0 aliphatic carbocycles. The molecule has 1 rings (SSSR count). The lowest BCUT2D eigenvalue weighted by molar-refractivity contribution is 0.175. The summed E-state index contributed by atoms with van der Waals surface area (Å²) in [7, 11) is -4.27. The molecule has 1 aromatic rings. The van der Waals surface area contributed by atoms with Gasteiger partial charge in [0.2, 0.25) is 0 Å². The van der Waals surface area contributed by atoms with Crippen LogP contribution >= 0.6 is 0 Å². The second kappa shape index (κ2) is 3.45. The summed E-state index contributed by atoms with van der Waals surface area (Å²) in [5.41, 5.74) is 0.776. The lowest BCUT2D eigenvalue weighted by atomic mass is 10.2. The molecular weight excluding hydrogens is 192 g/mol. The molecule has 0 heterocycles. The first-order valence-corrected chi connectivity index (χ1v) is 5.04. The minimum Gasteiger partial charge on any atom is -0.282 e. The molecule has 0 unspecified atom stereocenters. The number of rotatable bonds is 2. The molecule has 0 saturated carbocycles. The van der Waals surface area contributed by atoms with E-state index in [-0.39, 0.29) is 10.5 Å². The Morgan fingerprint density at radius 3 is 2.46 bits per heavy atom. The average Bonchev–Trinajstić information content (AvgIpc) is 2.03. The Morgan fingerprint density at radius 2 is 2.00 bits per heavy atom. The highest BCUT2D eigenvalue weighted by molar-refractivity contribution is 7.85. The van der Waals surface area contributed by atoms with E-state index in [0.717, 1.165) is 0 Å². The van der Waals surface area contributed by atoms with Crippen LogP contribution in [0.25, 0.3) is 0 Å². The van der Waals surface area contributed by atoms with E-state index in [1.165, 1.54) is 12.1 Å². The smallest absolute Gasteiger partial charge is 0.282 e. The maximum Gasteiger partial charge on any atom is 0.294 e. The van der Waals surface area contributed by atoms with E-state index in [9.17, 15) is 13.5 Å². The highest BCUT2D eigenvalue weighted by Gasteiger charge is 2.14. The van der Waals surface area contributed by atoms with Crippen molar-refractivity contribution in [2.45, 2.75) is 18.4 Å². The molecule has 0 aliphatic heterocycles. The fourth-order valence-electron chi connectivity index (χ4n) is 1.02. The zero-order chi connectivity index (χ0) is 10.1. The topological polar surface area (TPSA) is 74.3 Å². The van der Waals surface area contributed by atoms with Crippen molar-refractivity contribution in [3.63, 3.8) is 0 Å². The van der Waals surface area contributed by atoms with Crippen molar-refractivity contribution in [3.05, 3.63) is 29.3 Å². The van der Waals surface area contributed by atoms with Gasteiger partial charge in [0, 0.05) is 5.56 Å². The summed E-state index contributed by atoms with van der Waals surface area (Å²) in [6.45, 7) is 1.03. The van der Waals surface area contributed by atoms with Crippen LogP contribution in [-0.2, 0) is 21.8 Å². The summed E-state index contributed by atoms with van der Waals surface area (Å²) in [5, 5.41) is 10.5. The van der Waals surface area contributed by atoms with E-state index in [4.69, 9.17) is 4.55 Å². The maximum atomic E-state index is 10.8. The average molecular weight is 201 g/mol. The monoisotopic (exact) mass is 201 g/mol. The van der Waals surface area contributed by atoms with Gasteiger partial charge in [0.05, 0.1) is 4.90 Å². The molecule has 0 saturated heterocycles. The van der Waals surface area contributed by atoms with Gasteiger partial charge in [0.15, 0.2) is 0 Å². The van der Waals surface area contributed by atoms with Crippen LogP contribution in [0, 0.1) is 6.92 Å². The van der Waals surface area contributed by atoms with Gasteiger partial charge in [-0.2, -0.15) is 8.42 Å². The molecule has 0 amide bonds. The lowest BCUT2D eigenvalue weighted by Gasteiger charge is -2.03. The minimum atomic E-state index is -4.27. The molecule has 1 radical (unpaired) electrons. The molecule has 5 heteroatoms. The van der Waals surface area contributed by atoms with Gasteiger partial charge in [-0.25, -0.2) is 5.11 Å². The Labute approximate surface area is 76.6 Å². The highest BCUT2D eigenvalue weighted by atomic mass is 32.2. The number of aryl methyl sites for hydroxylation is 1. The third kappa shape index (κ3) is 2.27. The predicted octanol–water partition coefficient (Wildman–Crippen LogP) is 1.17. The molecule has 0 atom stereocenters. The van der Waals surface area contributed by atoms with Crippen molar-refractivity contribution in [2.75, 3.05) is 0 Å². The summed E-state index contributed by atoms with van der Waals surface area (Å²) in [6.07, 6.45) is 0. The van der Waals surface area contributed by atoms with Gasteiger partial charge in [-0.1, -0.05) is 12.1 Å². The van der Waals surface area contributed by atoms with Gasteiger partial charge < -0.3 is 0 Å². The molecule has 0 aromatic heterocycles. The van der Waals surface area contributed by atoms with Gasteiger partial charge in [-0.15, -0.1) is 0 Å². The summed E-state index contributed by atoms with van der Waals surface area (Å²) in [4.78, 5) is -0.289. The zero-order valence-electron chi connectivity index (χ0n) is 7.02. The number of hydrogen-bond donors (Lipinski definition) is 1. The summed E-state index contributed by atoms with van der Waals surface area (Å²) < 4.78 is 30.3. The van der Waals surface area contributed by atoms with Crippen LogP contribution in [0.1, 0.15) is 11.1 Å². The molecule has 0 fully saturated rings. The Bertz CT molecular complexity index is 408. The van der Waals surface area contributed by atoms with Crippen LogP contribution < -0.4 is 0 Å². The van der Waals surface area contributed by atoms with Crippen LogP contribution in [0.2, 0.25) is 0 Å². The summed E-state index contributed by atoms with van der Waals surface area (Å²) >= 11 is 0. The van der Waals surface area contributed by atoms with Crippen LogP contribution in [0.4, 0.5) is 0 Å². The highest BCUT2D eigenvalue weighted by Crippen LogP contribution is 2.17. The molecule has 4 nitrogen and oxygen atoms in total. The zero-order valence-corrected chi connectivity index (χ0v) is 7.84. The van der Waals surface area contributed by atoms with E-state index in [2.05, 4.69) is 0 Å². The third-order valence-electron chi connectivity index (χ3n) is 1.66. The van der Waals surface area contributed by atoms with Gasteiger partial charge in [0.25, 0.3) is 10.1 Å². The summed E-state index contributed by atoms with van der Waals surface area (Å²) in [5.74, 6) is 0. The second-order valence-electron chi connectivity index (χ2n) is 2.73. The molecule has 0 bridgehead atoms.